The topological polar surface area (TPSA) is 210 Å². The van der Waals surface area contributed by atoms with Gasteiger partial charge in [0.25, 0.3) is 15.9 Å². The molecule has 274 valence electrons. The molecule has 4 rings (SSSR count). The van der Waals surface area contributed by atoms with E-state index in [1.807, 2.05) is 0 Å². The summed E-state index contributed by atoms with van der Waals surface area (Å²) in [6.07, 6.45) is -4.33. The number of carboxylic acid groups (broad SMARTS) is 2. The van der Waals surface area contributed by atoms with E-state index < -0.39 is 82.7 Å². The number of aromatic nitrogens is 3. The van der Waals surface area contributed by atoms with Gasteiger partial charge in [-0.3, -0.25) is 14.0 Å². The van der Waals surface area contributed by atoms with E-state index >= 15 is 0 Å². The van der Waals surface area contributed by atoms with Crippen LogP contribution in [0, 0.1) is 13.8 Å². The molecule has 0 aliphatic heterocycles. The van der Waals surface area contributed by atoms with Crippen LogP contribution in [0.1, 0.15) is 42.1 Å². The average molecular weight is 799 g/mol. The van der Waals surface area contributed by atoms with Crippen LogP contribution < -0.4 is 84.1 Å². The van der Waals surface area contributed by atoms with E-state index in [4.69, 9.17) is 9.47 Å². The zero-order valence-corrected chi connectivity index (χ0v) is 34.9. The fourth-order valence-corrected chi connectivity index (χ4v) is 8.67. The minimum Gasteiger partial charge on any atom is -0.550 e. The Balaban J connectivity index is 0.00000486. The van der Waals surface area contributed by atoms with Crippen molar-refractivity contribution in [1.82, 2.24) is 19.3 Å². The van der Waals surface area contributed by atoms with Crippen LogP contribution in [0.5, 0.6) is 11.5 Å². The molecule has 0 saturated heterocycles. The van der Waals surface area contributed by atoms with Gasteiger partial charge < -0.3 is 34.6 Å². The molecule has 0 saturated carbocycles. The summed E-state index contributed by atoms with van der Waals surface area (Å²) in [7, 11) is -6.75. The van der Waals surface area contributed by atoms with E-state index in [1.54, 1.807) is 19.1 Å². The number of aryl methyl sites for hydroxylation is 2. The van der Waals surface area contributed by atoms with Gasteiger partial charge in [0.2, 0.25) is 5.16 Å². The van der Waals surface area contributed by atoms with Crippen LogP contribution in [0.15, 0.2) is 58.7 Å². The summed E-state index contributed by atoms with van der Waals surface area (Å²) in [5.41, 5.74) is 1.02. The second-order valence-corrected chi connectivity index (χ2v) is 14.2. The predicted octanol–water partition coefficient (Wildman–Crippen LogP) is -4.75. The van der Waals surface area contributed by atoms with Crippen molar-refractivity contribution in [2.24, 2.45) is 0 Å². The minimum absolute atomic E-state index is 0. The van der Waals surface area contributed by atoms with Crippen LogP contribution in [0.25, 0.3) is 11.0 Å². The molecule has 21 heteroatoms. The van der Waals surface area contributed by atoms with Gasteiger partial charge in [0.15, 0.2) is 13.2 Å². The molecule has 4 aromatic rings. The summed E-state index contributed by atoms with van der Waals surface area (Å²) >= 11 is 0. The smallest absolute Gasteiger partial charge is 0.550 e. The number of ether oxygens (including phenoxy) is 2. The molecule has 0 radical (unpaired) electrons. The molecular formula is C32H31F3N4Na2O10S2. The zero-order chi connectivity index (χ0) is 37.7. The molecule has 0 spiro atoms. The number of para-hydroxylation sites is 2. The van der Waals surface area contributed by atoms with Crippen LogP contribution in [-0.2, 0) is 47.4 Å². The Hall–Kier alpha value is -3.04. The maximum Gasteiger partial charge on any atom is 1.00 e. The predicted molar refractivity (Wildman–Crippen MR) is 170 cm³/mol. The average Bonchev–Trinajstić information content (AvgIpc) is 3.45. The first kappa shape index (κ1) is 46.1. The number of nitrogens with one attached hydrogen (secondary N) is 1. The molecule has 2 aromatic carbocycles. The number of aliphatic carboxylic acids is 2. The Morgan fingerprint density at radius 2 is 1.68 bits per heavy atom. The first-order valence-corrected chi connectivity index (χ1v) is 17.9. The van der Waals surface area contributed by atoms with Crippen LogP contribution >= 0.6 is 0 Å². The molecule has 53 heavy (non-hydrogen) atoms. The number of halogens is 3. The van der Waals surface area contributed by atoms with Gasteiger partial charge in [0, 0.05) is 17.7 Å². The summed E-state index contributed by atoms with van der Waals surface area (Å²) in [4.78, 5) is 42.6. The van der Waals surface area contributed by atoms with E-state index in [0.717, 1.165) is 3.97 Å². The van der Waals surface area contributed by atoms with Crippen molar-refractivity contribution < 1.29 is 119 Å². The van der Waals surface area contributed by atoms with Crippen molar-refractivity contribution in [3.63, 3.8) is 0 Å². The zero-order valence-electron chi connectivity index (χ0n) is 29.3. The summed E-state index contributed by atoms with van der Waals surface area (Å²) < 4.78 is 92.5. The van der Waals surface area contributed by atoms with Gasteiger partial charge >= 0.3 is 65.3 Å². The molecule has 2 aromatic heterocycles. The second kappa shape index (κ2) is 19.5. The molecule has 1 N–H and O–H groups in total. The largest absolute Gasteiger partial charge is 1.00 e. The van der Waals surface area contributed by atoms with E-state index in [1.165, 1.54) is 50.4 Å². The van der Waals surface area contributed by atoms with Crippen molar-refractivity contribution in [3.05, 3.63) is 71.0 Å². The van der Waals surface area contributed by atoms with Gasteiger partial charge in [0.05, 0.1) is 50.2 Å². The van der Waals surface area contributed by atoms with Crippen molar-refractivity contribution in [1.29, 1.82) is 0 Å². The standard InChI is InChI=1S/C32H33F3N4O10S2.2Na/c1-4-21-24(36-12-11-26(21)49-17-32(33,34)35)16-50(45)31-38-22-7-5-6-8-25(22)39(31)51(46,47)29-18(2)13-20(14-19(29)3)48-15-27(40)37-23(30(43)44)9-10-28(41)42;;/h5-8,11-14,23H,4,9-10,15-17H2,1-3H3,(H,37,40)(H,41,42)(H,43,44);;/q;2*+1/p-2. The van der Waals surface area contributed by atoms with Gasteiger partial charge in [-0.05, 0) is 74.6 Å². The van der Waals surface area contributed by atoms with Crippen molar-refractivity contribution in [2.45, 2.75) is 68.1 Å². The van der Waals surface area contributed by atoms with E-state index in [9.17, 15) is 50.4 Å². The number of nitrogens with zero attached hydrogens (tertiary/aromatic N) is 3. The Kier molecular flexibility index (Phi) is 17.0. The maximum atomic E-state index is 14.4. The molecule has 1 amide bonds. The molecule has 0 aliphatic rings. The van der Waals surface area contributed by atoms with Crippen LogP contribution in [0.3, 0.4) is 0 Å². The number of carbonyl (C=O) groups is 3. The first-order valence-electron chi connectivity index (χ1n) is 15.1. The number of pyridine rings is 1. The first-order chi connectivity index (χ1) is 23.9. The molecular weight excluding hydrogens is 767 g/mol. The van der Waals surface area contributed by atoms with Crippen LogP contribution in [0.4, 0.5) is 13.2 Å². The van der Waals surface area contributed by atoms with Gasteiger partial charge in [-0.25, -0.2) is 17.4 Å². The fourth-order valence-electron chi connectivity index (χ4n) is 5.25. The number of hydrogen-bond donors (Lipinski definition) is 1. The van der Waals surface area contributed by atoms with E-state index in [-0.39, 0.29) is 121 Å². The molecule has 0 bridgehead atoms. The number of rotatable bonds is 16. The minimum atomic E-state index is -4.60. The third-order valence-corrected chi connectivity index (χ3v) is 10.7. The Bertz CT molecular complexity index is 2090. The van der Waals surface area contributed by atoms with Crippen molar-refractivity contribution in [3.8, 4) is 11.5 Å². The third kappa shape index (κ3) is 11.7. The molecule has 14 nitrogen and oxygen atoms in total. The number of hydrogen-bond acceptors (Lipinski definition) is 12. The molecule has 2 heterocycles. The quantitative estimate of drug-likeness (QED) is 0.106. The van der Waals surface area contributed by atoms with Crippen molar-refractivity contribution >= 4 is 49.7 Å². The maximum absolute atomic E-state index is 14.4. The normalized spacial score (nSPS) is 12.6. The summed E-state index contributed by atoms with van der Waals surface area (Å²) in [5.74, 6) is -4.58. The molecule has 0 fully saturated rings. The number of fused-ring (bicyclic) bond motifs is 1. The van der Waals surface area contributed by atoms with Gasteiger partial charge in [-0.1, -0.05) is 19.1 Å². The third-order valence-electron chi connectivity index (χ3n) is 7.37. The number of carbonyl (C=O) groups excluding carboxylic acids is 3. The van der Waals surface area contributed by atoms with E-state index in [2.05, 4.69) is 15.3 Å². The Labute approximate surface area is 349 Å². The molecule has 2 unspecified atom stereocenters. The number of imidazole rings is 1. The summed E-state index contributed by atoms with van der Waals surface area (Å²) in [6, 6.07) is 8.44. The van der Waals surface area contributed by atoms with Gasteiger partial charge in [-0.2, -0.15) is 13.2 Å². The van der Waals surface area contributed by atoms with Crippen LogP contribution in [0.2, 0.25) is 0 Å². The summed E-state index contributed by atoms with van der Waals surface area (Å²) in [5, 5.41) is 23.7. The number of carboxylic acids is 2. The SMILES string of the molecule is CCc1c(OCC(F)(F)F)ccnc1CS(=O)c1nc2ccccc2n1S(=O)(=O)c1c(C)cc(OCC(=O)NC(CCC(=O)[O-])C(=O)[O-])cc1C.[Na+].[Na+]. The van der Waals surface area contributed by atoms with Crippen molar-refractivity contribution in [2.75, 3.05) is 13.2 Å². The van der Waals surface area contributed by atoms with Gasteiger partial charge in [-0.15, -0.1) is 0 Å². The number of alkyl halides is 3. The molecule has 0 aliphatic carbocycles. The fraction of sp³-hybridized carbons (Fsp3) is 0.344. The monoisotopic (exact) mass is 798 g/mol. The van der Waals surface area contributed by atoms with Crippen LogP contribution in [-0.4, -0.2) is 69.8 Å². The van der Waals surface area contributed by atoms with E-state index in [0.29, 0.717) is 0 Å². The Morgan fingerprint density at radius 3 is 2.26 bits per heavy atom. The number of amides is 1. The van der Waals surface area contributed by atoms with Gasteiger partial charge in [0.1, 0.15) is 11.5 Å². The summed E-state index contributed by atoms with van der Waals surface area (Å²) in [6.45, 7) is 2.31. The molecule has 2 atom stereocenters. The number of benzene rings is 2. The second-order valence-electron chi connectivity index (χ2n) is 11.2. The Morgan fingerprint density at radius 1 is 1.04 bits per heavy atom.